The number of hydrogen-bond acceptors (Lipinski definition) is 6. The van der Waals surface area contributed by atoms with E-state index in [0.717, 1.165) is 6.07 Å². The highest BCUT2D eigenvalue weighted by atomic mass is 32.2. The van der Waals surface area contributed by atoms with Crippen molar-refractivity contribution in [1.29, 1.82) is 0 Å². The molecule has 0 aliphatic carbocycles. The highest BCUT2D eigenvalue weighted by Gasteiger charge is 2.19. The van der Waals surface area contributed by atoms with Crippen LogP contribution in [0.5, 0.6) is 0 Å². The maximum absolute atomic E-state index is 11.9. The quantitative estimate of drug-likeness (QED) is 0.319. The van der Waals surface area contributed by atoms with Crippen LogP contribution in [-0.4, -0.2) is 36.1 Å². The van der Waals surface area contributed by atoms with Crippen molar-refractivity contribution in [1.82, 2.24) is 4.72 Å². The average Bonchev–Trinajstić information content (AvgIpc) is 2.34. The molecule has 1 atom stereocenters. The lowest BCUT2D eigenvalue weighted by Crippen LogP contribution is -2.25. The smallest absolute Gasteiger partial charge is 0.293 e. The molecule has 1 unspecified atom stereocenters. The number of nitrogen functional groups attached to an aromatic ring is 1. The van der Waals surface area contributed by atoms with E-state index in [4.69, 9.17) is 5.73 Å². The lowest BCUT2D eigenvalue weighted by Gasteiger charge is -2.07. The summed E-state index contributed by atoms with van der Waals surface area (Å²) in [6.45, 7) is 0.111. The number of nitro groups is 1. The predicted octanol–water partition coefficient (Wildman–Crippen LogP) is 0.224. The molecule has 1 aromatic carbocycles. The summed E-state index contributed by atoms with van der Waals surface area (Å²) in [5, 5.41) is 10.7. The van der Waals surface area contributed by atoms with Crippen LogP contribution in [0.25, 0.3) is 0 Å². The summed E-state index contributed by atoms with van der Waals surface area (Å²) in [6.07, 6.45) is 1.94. The van der Waals surface area contributed by atoms with Crippen LogP contribution < -0.4 is 10.5 Å². The first-order chi connectivity index (χ1) is 9.24. The topological polar surface area (TPSA) is 132 Å². The Labute approximate surface area is 119 Å². The van der Waals surface area contributed by atoms with E-state index >= 15 is 0 Å². The van der Waals surface area contributed by atoms with Gasteiger partial charge in [-0.1, -0.05) is 0 Å². The fourth-order valence-electron chi connectivity index (χ4n) is 1.41. The summed E-state index contributed by atoms with van der Waals surface area (Å²) < 4.78 is 37.0. The van der Waals surface area contributed by atoms with Gasteiger partial charge in [0.2, 0.25) is 10.0 Å². The lowest BCUT2D eigenvalue weighted by molar-refractivity contribution is -0.384. The molecule has 8 nitrogen and oxygen atoms in total. The normalized spacial score (nSPS) is 13.1. The van der Waals surface area contributed by atoms with Crippen LogP contribution in [0, 0.1) is 10.1 Å². The second-order valence-corrected chi connectivity index (χ2v) is 7.33. The van der Waals surface area contributed by atoms with E-state index in [0.29, 0.717) is 12.2 Å². The molecule has 0 amide bonds. The summed E-state index contributed by atoms with van der Waals surface area (Å²) in [4.78, 5) is 9.75. The Hall–Kier alpha value is -1.52. The van der Waals surface area contributed by atoms with Gasteiger partial charge in [0.15, 0.2) is 0 Å². The molecule has 0 saturated carbocycles. The van der Waals surface area contributed by atoms with Crippen LogP contribution in [0.4, 0.5) is 11.4 Å². The van der Waals surface area contributed by atoms with Gasteiger partial charge in [-0.15, -0.1) is 0 Å². The molecule has 0 bridgehead atoms. The van der Waals surface area contributed by atoms with Gasteiger partial charge in [-0.25, -0.2) is 13.1 Å². The number of anilines is 1. The molecular weight excluding hydrogens is 306 g/mol. The second-order valence-electron chi connectivity index (χ2n) is 4.01. The molecule has 0 heterocycles. The van der Waals surface area contributed by atoms with Crippen molar-refractivity contribution < 1.29 is 17.6 Å². The van der Waals surface area contributed by atoms with Gasteiger partial charge in [0.1, 0.15) is 5.69 Å². The van der Waals surface area contributed by atoms with Crippen LogP contribution in [-0.2, 0) is 20.8 Å². The van der Waals surface area contributed by atoms with Crippen molar-refractivity contribution in [2.45, 2.75) is 11.3 Å². The van der Waals surface area contributed by atoms with E-state index in [2.05, 4.69) is 4.72 Å². The number of nitrogens with one attached hydrogen (secondary N) is 1. The Morgan fingerprint density at radius 2 is 2.10 bits per heavy atom. The molecular formula is C10H15N3O5S2. The SMILES string of the molecule is CS(=O)CCCNS(=O)(=O)c1ccc(N)c([N+](=O)[O-])c1. The fourth-order valence-corrected chi connectivity index (χ4v) is 3.06. The van der Waals surface area contributed by atoms with Gasteiger partial charge in [-0.3, -0.25) is 14.3 Å². The molecule has 0 aliphatic heterocycles. The molecule has 0 radical (unpaired) electrons. The molecule has 0 saturated heterocycles. The predicted molar refractivity (Wildman–Crippen MR) is 76.2 cm³/mol. The number of sulfonamides is 1. The first-order valence-corrected chi connectivity index (χ1v) is 8.78. The van der Waals surface area contributed by atoms with Gasteiger partial charge in [0.05, 0.1) is 9.82 Å². The molecule has 1 aromatic rings. The summed E-state index contributed by atoms with van der Waals surface area (Å²) in [5.74, 6) is 0.379. The minimum atomic E-state index is -3.84. The summed E-state index contributed by atoms with van der Waals surface area (Å²) in [7, 11) is -4.83. The van der Waals surface area contributed by atoms with E-state index < -0.39 is 31.4 Å². The van der Waals surface area contributed by atoms with Crippen molar-refractivity contribution in [3.8, 4) is 0 Å². The van der Waals surface area contributed by atoms with Gasteiger partial charge >= 0.3 is 0 Å². The number of nitro benzene ring substituents is 1. The van der Waals surface area contributed by atoms with E-state index in [-0.39, 0.29) is 17.1 Å². The van der Waals surface area contributed by atoms with E-state index in [9.17, 15) is 22.7 Å². The Balaban J connectivity index is 2.85. The van der Waals surface area contributed by atoms with Crippen LogP contribution in [0.3, 0.4) is 0 Å². The van der Waals surface area contributed by atoms with Crippen molar-refractivity contribution in [2.75, 3.05) is 24.3 Å². The lowest BCUT2D eigenvalue weighted by atomic mass is 10.3. The first-order valence-electron chi connectivity index (χ1n) is 5.57. The number of nitrogens with two attached hydrogens (primary N) is 1. The zero-order chi connectivity index (χ0) is 15.3. The number of benzene rings is 1. The molecule has 0 fully saturated rings. The summed E-state index contributed by atoms with van der Waals surface area (Å²) >= 11 is 0. The van der Waals surface area contributed by atoms with Crippen LogP contribution >= 0.6 is 0 Å². The minimum absolute atomic E-state index is 0.102. The van der Waals surface area contributed by atoms with Gasteiger partial charge in [-0.05, 0) is 18.6 Å². The van der Waals surface area contributed by atoms with E-state index in [1.165, 1.54) is 18.4 Å². The highest BCUT2D eigenvalue weighted by Crippen LogP contribution is 2.24. The number of nitrogens with zero attached hydrogens (tertiary/aromatic N) is 1. The van der Waals surface area contributed by atoms with Crippen molar-refractivity contribution in [2.24, 2.45) is 0 Å². The largest absolute Gasteiger partial charge is 0.393 e. The molecule has 0 spiro atoms. The van der Waals surface area contributed by atoms with E-state index in [1.54, 1.807) is 0 Å². The zero-order valence-corrected chi connectivity index (χ0v) is 12.4. The van der Waals surface area contributed by atoms with Gasteiger partial charge < -0.3 is 5.73 Å². The van der Waals surface area contributed by atoms with Crippen LogP contribution in [0.15, 0.2) is 23.1 Å². The molecule has 1 rings (SSSR count). The minimum Gasteiger partial charge on any atom is -0.393 e. The Morgan fingerprint density at radius 3 is 2.65 bits per heavy atom. The highest BCUT2D eigenvalue weighted by molar-refractivity contribution is 7.89. The zero-order valence-electron chi connectivity index (χ0n) is 10.7. The van der Waals surface area contributed by atoms with Gasteiger partial charge in [0, 0.05) is 35.4 Å². The molecule has 3 N–H and O–H groups in total. The third-order valence-electron chi connectivity index (χ3n) is 2.41. The van der Waals surface area contributed by atoms with Crippen molar-refractivity contribution in [3.05, 3.63) is 28.3 Å². The third-order valence-corrected chi connectivity index (χ3v) is 4.73. The molecule has 112 valence electrons. The summed E-state index contributed by atoms with van der Waals surface area (Å²) in [5.41, 5.74) is 4.84. The fraction of sp³-hybridized carbons (Fsp3) is 0.400. The van der Waals surface area contributed by atoms with Crippen LogP contribution in [0.1, 0.15) is 6.42 Å². The monoisotopic (exact) mass is 321 g/mol. The van der Waals surface area contributed by atoms with E-state index in [1.807, 2.05) is 0 Å². The Bertz CT molecular complexity index is 630. The first kappa shape index (κ1) is 16.5. The molecule has 0 aromatic heterocycles. The van der Waals surface area contributed by atoms with Crippen molar-refractivity contribution >= 4 is 32.2 Å². The van der Waals surface area contributed by atoms with Crippen LogP contribution in [0.2, 0.25) is 0 Å². The molecule has 20 heavy (non-hydrogen) atoms. The van der Waals surface area contributed by atoms with Gasteiger partial charge in [0.25, 0.3) is 5.69 Å². The molecule has 0 aliphatic rings. The second kappa shape index (κ2) is 6.77. The Morgan fingerprint density at radius 1 is 1.45 bits per heavy atom. The number of hydrogen-bond donors (Lipinski definition) is 2. The number of rotatable bonds is 7. The maximum atomic E-state index is 11.9. The summed E-state index contributed by atoms with van der Waals surface area (Å²) in [6, 6.07) is 3.28. The third kappa shape index (κ3) is 4.54. The maximum Gasteiger partial charge on any atom is 0.293 e. The standard InChI is InChI=1S/C10H15N3O5S2/c1-19(16)6-2-5-12-20(17,18)8-3-4-9(11)10(7-8)13(14)15/h3-4,7,12H,2,5-6,11H2,1H3. The van der Waals surface area contributed by atoms with Gasteiger partial charge in [-0.2, -0.15) is 0 Å². The molecule has 10 heteroatoms. The Kier molecular flexibility index (Phi) is 5.60. The van der Waals surface area contributed by atoms with Crippen molar-refractivity contribution in [3.63, 3.8) is 0 Å². The average molecular weight is 321 g/mol.